The number of rotatable bonds is 5. The summed E-state index contributed by atoms with van der Waals surface area (Å²) in [5.74, 6) is 2.15. The van der Waals surface area contributed by atoms with E-state index in [1.54, 1.807) is 12.1 Å². The molecule has 1 saturated carbocycles. The van der Waals surface area contributed by atoms with E-state index in [1.807, 2.05) is 6.92 Å². The molecule has 0 saturated heterocycles. The van der Waals surface area contributed by atoms with Crippen LogP contribution in [0.25, 0.3) is 11.4 Å². The normalized spacial score (nSPS) is 14.3. The number of hydrogen-bond donors (Lipinski definition) is 0. The van der Waals surface area contributed by atoms with Crippen molar-refractivity contribution in [1.29, 1.82) is 0 Å². The third-order valence-electron chi connectivity index (χ3n) is 3.64. The molecule has 23 heavy (non-hydrogen) atoms. The quantitative estimate of drug-likeness (QED) is 0.667. The molecule has 118 valence electrons. The Balaban J connectivity index is 1.47. The summed E-state index contributed by atoms with van der Waals surface area (Å²) in [7, 11) is 0. The fraction of sp³-hybridized carbons (Fsp3) is 0.333. The van der Waals surface area contributed by atoms with Crippen molar-refractivity contribution >= 4 is 11.8 Å². The first kappa shape index (κ1) is 14.4. The van der Waals surface area contributed by atoms with Gasteiger partial charge >= 0.3 is 0 Å². The number of thioether (sulfide) groups is 1. The number of hydrogen-bond acceptors (Lipinski definition) is 6. The van der Waals surface area contributed by atoms with Gasteiger partial charge in [0.05, 0.1) is 5.75 Å². The SMILES string of the molecule is Cc1nnc(SCc2nc(-c3ccc(F)cc3)no2)n1C1CC1. The second-order valence-electron chi connectivity index (χ2n) is 5.44. The number of halogens is 1. The lowest BCUT2D eigenvalue weighted by atomic mass is 10.2. The van der Waals surface area contributed by atoms with E-state index >= 15 is 0 Å². The van der Waals surface area contributed by atoms with Gasteiger partial charge in [0.15, 0.2) is 5.16 Å². The minimum absolute atomic E-state index is 0.289. The molecule has 0 unspecified atom stereocenters. The molecule has 1 aromatic carbocycles. The first-order chi connectivity index (χ1) is 11.2. The van der Waals surface area contributed by atoms with E-state index < -0.39 is 0 Å². The Labute approximate surface area is 136 Å². The Kier molecular flexibility index (Phi) is 3.60. The molecule has 8 heteroatoms. The van der Waals surface area contributed by atoms with E-state index in [2.05, 4.69) is 24.9 Å². The monoisotopic (exact) mass is 331 g/mol. The molecule has 1 aliphatic carbocycles. The Morgan fingerprint density at radius 1 is 1.26 bits per heavy atom. The van der Waals surface area contributed by atoms with Gasteiger partial charge in [-0.15, -0.1) is 10.2 Å². The van der Waals surface area contributed by atoms with Crippen LogP contribution in [0.15, 0.2) is 33.9 Å². The first-order valence-electron chi connectivity index (χ1n) is 7.33. The van der Waals surface area contributed by atoms with Crippen molar-refractivity contribution < 1.29 is 8.91 Å². The highest BCUT2D eigenvalue weighted by Gasteiger charge is 2.28. The summed E-state index contributed by atoms with van der Waals surface area (Å²) in [6.07, 6.45) is 2.36. The standard InChI is InChI=1S/C15H14FN5OS/c1-9-18-19-15(21(9)12-6-7-12)23-8-13-17-14(20-22-13)10-2-4-11(16)5-3-10/h2-5,12H,6-8H2,1H3. The van der Waals surface area contributed by atoms with Crippen LogP contribution in [0.3, 0.4) is 0 Å². The van der Waals surface area contributed by atoms with E-state index in [1.165, 1.54) is 36.7 Å². The van der Waals surface area contributed by atoms with Gasteiger partial charge in [0.1, 0.15) is 11.6 Å². The second-order valence-corrected chi connectivity index (χ2v) is 6.38. The van der Waals surface area contributed by atoms with E-state index in [4.69, 9.17) is 4.52 Å². The predicted octanol–water partition coefficient (Wildman–Crippen LogP) is 3.40. The number of nitrogens with zero attached hydrogens (tertiary/aromatic N) is 5. The van der Waals surface area contributed by atoms with Crippen LogP contribution in [0.2, 0.25) is 0 Å². The van der Waals surface area contributed by atoms with Crippen LogP contribution in [-0.2, 0) is 5.75 Å². The minimum Gasteiger partial charge on any atom is -0.338 e. The van der Waals surface area contributed by atoms with E-state index in [-0.39, 0.29) is 5.82 Å². The molecule has 1 aliphatic rings. The van der Waals surface area contributed by atoms with Crippen LogP contribution in [-0.4, -0.2) is 24.9 Å². The third-order valence-corrected chi connectivity index (χ3v) is 4.57. The van der Waals surface area contributed by atoms with Gasteiger partial charge in [-0.05, 0) is 44.0 Å². The van der Waals surface area contributed by atoms with Crippen LogP contribution in [0.1, 0.15) is 30.6 Å². The van der Waals surface area contributed by atoms with E-state index in [0.717, 1.165) is 16.5 Å². The summed E-state index contributed by atoms with van der Waals surface area (Å²) in [5.41, 5.74) is 0.725. The predicted molar refractivity (Wildman–Crippen MR) is 82.3 cm³/mol. The fourth-order valence-corrected chi connectivity index (χ4v) is 3.25. The van der Waals surface area contributed by atoms with Crippen molar-refractivity contribution in [3.8, 4) is 11.4 Å². The number of aryl methyl sites for hydroxylation is 1. The van der Waals surface area contributed by atoms with Gasteiger partial charge in [0.25, 0.3) is 0 Å². The van der Waals surface area contributed by atoms with Gasteiger partial charge in [-0.25, -0.2) is 4.39 Å². The molecule has 0 radical (unpaired) electrons. The van der Waals surface area contributed by atoms with Crippen molar-refractivity contribution in [2.45, 2.75) is 36.7 Å². The Bertz CT molecular complexity index is 825. The van der Waals surface area contributed by atoms with Gasteiger partial charge in [-0.3, -0.25) is 0 Å². The van der Waals surface area contributed by atoms with Gasteiger partial charge in [-0.2, -0.15) is 4.98 Å². The summed E-state index contributed by atoms with van der Waals surface area (Å²) in [4.78, 5) is 4.34. The van der Waals surface area contributed by atoms with Crippen LogP contribution in [0, 0.1) is 12.7 Å². The van der Waals surface area contributed by atoms with Crippen molar-refractivity contribution in [2.75, 3.05) is 0 Å². The van der Waals surface area contributed by atoms with Crippen LogP contribution in [0.4, 0.5) is 4.39 Å². The summed E-state index contributed by atoms with van der Waals surface area (Å²) >= 11 is 1.53. The molecule has 0 aliphatic heterocycles. The van der Waals surface area contributed by atoms with Crippen molar-refractivity contribution in [2.24, 2.45) is 0 Å². The van der Waals surface area contributed by atoms with Gasteiger partial charge in [0.2, 0.25) is 11.7 Å². The molecule has 4 rings (SSSR count). The summed E-state index contributed by atoms with van der Waals surface area (Å²) in [6.45, 7) is 1.97. The largest absolute Gasteiger partial charge is 0.338 e. The minimum atomic E-state index is -0.289. The molecule has 0 spiro atoms. The highest BCUT2D eigenvalue weighted by atomic mass is 32.2. The van der Waals surface area contributed by atoms with Crippen molar-refractivity contribution in [1.82, 2.24) is 24.9 Å². The van der Waals surface area contributed by atoms with Crippen LogP contribution < -0.4 is 0 Å². The molecule has 6 nitrogen and oxygen atoms in total. The van der Waals surface area contributed by atoms with Gasteiger partial charge in [0, 0.05) is 11.6 Å². The first-order valence-corrected chi connectivity index (χ1v) is 8.32. The Morgan fingerprint density at radius 3 is 2.78 bits per heavy atom. The second kappa shape index (κ2) is 5.77. The molecule has 2 aromatic heterocycles. The zero-order chi connectivity index (χ0) is 15.8. The van der Waals surface area contributed by atoms with Crippen LogP contribution >= 0.6 is 11.8 Å². The Morgan fingerprint density at radius 2 is 2.04 bits per heavy atom. The molecular formula is C15H14FN5OS. The highest BCUT2D eigenvalue weighted by molar-refractivity contribution is 7.98. The van der Waals surface area contributed by atoms with Crippen molar-refractivity contribution in [3.05, 3.63) is 41.8 Å². The molecule has 0 atom stereocenters. The van der Waals surface area contributed by atoms with Gasteiger partial charge < -0.3 is 9.09 Å². The summed E-state index contributed by atoms with van der Waals surface area (Å²) in [5, 5.41) is 13.2. The maximum Gasteiger partial charge on any atom is 0.237 e. The van der Waals surface area contributed by atoms with Crippen molar-refractivity contribution in [3.63, 3.8) is 0 Å². The highest BCUT2D eigenvalue weighted by Crippen LogP contribution is 2.39. The molecule has 0 N–H and O–H groups in total. The van der Waals surface area contributed by atoms with E-state index in [0.29, 0.717) is 23.5 Å². The fourth-order valence-electron chi connectivity index (χ4n) is 2.36. The maximum atomic E-state index is 12.9. The number of benzene rings is 1. The van der Waals surface area contributed by atoms with Gasteiger partial charge in [-0.1, -0.05) is 16.9 Å². The maximum absolute atomic E-state index is 12.9. The smallest absolute Gasteiger partial charge is 0.237 e. The van der Waals surface area contributed by atoms with E-state index in [9.17, 15) is 4.39 Å². The topological polar surface area (TPSA) is 69.6 Å². The number of aromatic nitrogens is 5. The lowest BCUT2D eigenvalue weighted by Gasteiger charge is -2.04. The average Bonchev–Trinajstić information content (AvgIpc) is 3.15. The zero-order valence-electron chi connectivity index (χ0n) is 12.4. The molecule has 2 heterocycles. The molecule has 1 fully saturated rings. The lowest BCUT2D eigenvalue weighted by molar-refractivity contribution is 0.391. The molecular weight excluding hydrogens is 317 g/mol. The summed E-state index contributed by atoms with van der Waals surface area (Å²) < 4.78 is 20.4. The average molecular weight is 331 g/mol. The lowest BCUT2D eigenvalue weighted by Crippen LogP contribution is -1.99. The molecule has 3 aromatic rings. The summed E-state index contributed by atoms with van der Waals surface area (Å²) in [6, 6.07) is 6.54. The molecule has 0 amide bonds. The Hall–Kier alpha value is -2.22. The molecule has 0 bridgehead atoms. The van der Waals surface area contributed by atoms with Crippen LogP contribution in [0.5, 0.6) is 0 Å². The zero-order valence-corrected chi connectivity index (χ0v) is 13.3. The third kappa shape index (κ3) is 2.98.